The second kappa shape index (κ2) is 35.2. The van der Waals surface area contributed by atoms with Crippen LogP contribution in [0.1, 0.15) is 131 Å². The minimum atomic E-state index is -1.80. The molecule has 2 saturated heterocycles. The molecule has 5 N–H and O–H groups in total. The molecule has 0 bridgehead atoms. The molecule has 26 heteroatoms. The molecule has 4 rings (SSSR count). The number of amides is 5. The van der Waals surface area contributed by atoms with Crippen LogP contribution in [0.25, 0.3) is 0 Å². The molecule has 0 saturated carbocycles. The van der Waals surface area contributed by atoms with Crippen molar-refractivity contribution in [2.75, 3.05) is 41.5 Å². The number of benzene rings is 2. The van der Waals surface area contributed by atoms with Crippen LogP contribution in [-0.2, 0) is 87.6 Å². The molecule has 2 aliphatic heterocycles. The molecule has 0 aliphatic carbocycles. The lowest BCUT2D eigenvalue weighted by Crippen LogP contribution is -2.64. The summed E-state index contributed by atoms with van der Waals surface area (Å²) < 4.78 is 56.4. The van der Waals surface area contributed by atoms with E-state index < -0.39 is 152 Å². The van der Waals surface area contributed by atoms with E-state index in [1.54, 1.807) is 70.7 Å². The Labute approximate surface area is 521 Å². The van der Waals surface area contributed by atoms with Gasteiger partial charge in [-0.15, -0.1) is 6.58 Å². The Kier molecular flexibility index (Phi) is 29.4. The SMILES string of the molecule is C=CCOC(O)c1cc(COC(=O)N(C)[C@H](C(=O)N[C@H](C(=O)N[C@@H](C(C)CC)[C@@H](CC(=O)N2CCC[C@H]2[C@H](OC)[C@@H](C)C(=O)N[C@H](C)[C@@H](O)c2ccccc2)OC)C(C)C)C(C)C)ccc1O[C@@H]1O[C@H](C(=O)OC)[C@@H](OC(C)=O)[C@H](OC(C)=O)[C@H]1OC(C)=O. The first-order chi connectivity index (χ1) is 42.0. The first kappa shape index (κ1) is 74.2. The molecule has 0 aromatic heterocycles. The van der Waals surface area contributed by atoms with Crippen LogP contribution < -0.4 is 20.7 Å². The van der Waals surface area contributed by atoms with E-state index in [1.807, 2.05) is 19.9 Å². The Balaban J connectivity index is 1.51. The van der Waals surface area contributed by atoms with Gasteiger partial charge in [-0.2, -0.15) is 0 Å². The average Bonchev–Trinajstić information content (AvgIpc) is 1.26. The summed E-state index contributed by atoms with van der Waals surface area (Å²) >= 11 is 0. The molecule has 2 unspecified atom stereocenters. The highest BCUT2D eigenvalue weighted by atomic mass is 16.7. The van der Waals surface area contributed by atoms with E-state index >= 15 is 0 Å². The smallest absolute Gasteiger partial charge is 0.410 e. The normalized spacial score (nSPS) is 21.6. The van der Waals surface area contributed by atoms with Crippen molar-refractivity contribution in [2.45, 2.75) is 194 Å². The number of rotatable bonds is 32. The number of methoxy groups -OCH3 is 3. The Bertz CT molecular complexity index is 2710. The summed E-state index contributed by atoms with van der Waals surface area (Å²) in [5.41, 5.74) is 0.808. The molecule has 496 valence electrons. The van der Waals surface area contributed by atoms with Crippen LogP contribution in [0.4, 0.5) is 4.79 Å². The number of likely N-dealkylation sites (tertiary alicyclic amines) is 1. The zero-order valence-corrected chi connectivity index (χ0v) is 53.8. The van der Waals surface area contributed by atoms with Gasteiger partial charge in [0.05, 0.1) is 68.1 Å². The van der Waals surface area contributed by atoms with Gasteiger partial charge in [-0.05, 0) is 60.8 Å². The third-order valence-electron chi connectivity index (χ3n) is 15.8. The van der Waals surface area contributed by atoms with Crippen molar-refractivity contribution in [2.24, 2.45) is 23.7 Å². The number of aliphatic hydroxyl groups is 2. The van der Waals surface area contributed by atoms with Crippen molar-refractivity contribution < 1.29 is 101 Å². The molecule has 2 fully saturated rings. The third kappa shape index (κ3) is 20.4. The molecule has 0 radical (unpaired) electrons. The van der Waals surface area contributed by atoms with Crippen molar-refractivity contribution in [3.63, 3.8) is 0 Å². The van der Waals surface area contributed by atoms with Crippen molar-refractivity contribution in [1.82, 2.24) is 25.8 Å². The van der Waals surface area contributed by atoms with E-state index in [0.29, 0.717) is 31.4 Å². The number of carbonyl (C=O) groups excluding carboxylic acids is 9. The number of aliphatic hydroxyl groups excluding tert-OH is 2. The predicted molar refractivity (Wildman–Crippen MR) is 319 cm³/mol. The summed E-state index contributed by atoms with van der Waals surface area (Å²) in [6.45, 7) is 20.7. The number of esters is 4. The Hall–Kier alpha value is -7.23. The van der Waals surface area contributed by atoms with Crippen LogP contribution >= 0.6 is 0 Å². The molecular weight excluding hydrogens is 1160 g/mol. The zero-order chi connectivity index (χ0) is 66.6. The monoisotopic (exact) mass is 1260 g/mol. The van der Waals surface area contributed by atoms with E-state index in [-0.39, 0.29) is 47.6 Å². The number of ether oxygens (including phenoxy) is 10. The Morgan fingerprint density at radius 1 is 0.787 bits per heavy atom. The predicted octanol–water partition coefficient (Wildman–Crippen LogP) is 4.50. The van der Waals surface area contributed by atoms with E-state index in [4.69, 9.17) is 47.4 Å². The van der Waals surface area contributed by atoms with E-state index in [9.17, 15) is 53.4 Å². The molecule has 5 amide bonds. The summed E-state index contributed by atoms with van der Waals surface area (Å²) in [6.07, 6.45) is -10.8. The van der Waals surface area contributed by atoms with Gasteiger partial charge in [-0.25, -0.2) is 9.59 Å². The first-order valence-electron chi connectivity index (χ1n) is 29.9. The zero-order valence-electron chi connectivity index (χ0n) is 53.8. The fraction of sp³-hybridized carbons (Fsp3) is 0.635. The molecule has 2 heterocycles. The van der Waals surface area contributed by atoms with E-state index in [1.165, 1.54) is 45.5 Å². The molecule has 2 aromatic carbocycles. The lowest BCUT2D eigenvalue weighted by atomic mass is 9.90. The molecular formula is C63H93N5O21. The maximum Gasteiger partial charge on any atom is 0.410 e. The van der Waals surface area contributed by atoms with Gasteiger partial charge in [-0.3, -0.25) is 38.5 Å². The van der Waals surface area contributed by atoms with Crippen LogP contribution in [0.5, 0.6) is 5.75 Å². The topological polar surface area (TPSA) is 329 Å². The van der Waals surface area contributed by atoms with Gasteiger partial charge < -0.3 is 78.4 Å². The Morgan fingerprint density at radius 2 is 1.42 bits per heavy atom. The van der Waals surface area contributed by atoms with Crippen LogP contribution in [0, 0.1) is 23.7 Å². The van der Waals surface area contributed by atoms with E-state index in [0.717, 1.165) is 32.8 Å². The van der Waals surface area contributed by atoms with Gasteiger partial charge in [0.1, 0.15) is 24.4 Å². The number of hydrogen-bond donors (Lipinski definition) is 5. The summed E-state index contributed by atoms with van der Waals surface area (Å²) in [7, 11) is 5.34. The second-order valence-corrected chi connectivity index (χ2v) is 23.1. The van der Waals surface area contributed by atoms with Crippen molar-refractivity contribution in [3.8, 4) is 5.75 Å². The first-order valence-corrected chi connectivity index (χ1v) is 29.9. The van der Waals surface area contributed by atoms with Gasteiger partial charge in [0.2, 0.25) is 36.0 Å². The minimum absolute atomic E-state index is 0.104. The maximum atomic E-state index is 14.5. The van der Waals surface area contributed by atoms with Crippen LogP contribution in [0.3, 0.4) is 0 Å². The standard InChI is InChI=1S/C63H93N5O21/c1-17-29-83-60(77)43-30-41(26-27-45(43)88-62-56(87-40(12)71)54(86-39(11)70)53(85-38(10)69)55(89-62)61(78)82-16)32-84-63(79)67(13)50(34(5)6)59(76)65-48(33(3)4)58(75)66-49(35(7)18-2)46(80-14)31-47(72)68-28-22-25-44(68)52(81-15)36(8)57(74)64-37(9)51(73)42-23-20-19-21-24-42/h17,19-21,23-24,26-27,30,33-37,44,46,48-56,60,62,73,77H,1,18,22,25,28-29,31-32H2,2-16H3,(H,64,74)(H,65,76)(H,66,75)/t35?,36-,37-,44+,46-,48+,49+,50+,51-,52-,53+,54+,55+,56-,60?,62-/m1/s1. The molecule has 2 aliphatic rings. The van der Waals surface area contributed by atoms with Crippen LogP contribution in [-0.4, -0.2) is 188 Å². The molecule has 2 aromatic rings. The lowest BCUT2D eigenvalue weighted by Gasteiger charge is -2.43. The van der Waals surface area contributed by atoms with Gasteiger partial charge >= 0.3 is 30.0 Å². The summed E-state index contributed by atoms with van der Waals surface area (Å²) in [5.74, 6) is -7.76. The fourth-order valence-corrected chi connectivity index (χ4v) is 11.0. The summed E-state index contributed by atoms with van der Waals surface area (Å²) in [5, 5.41) is 31.1. The number of hydrogen-bond acceptors (Lipinski definition) is 21. The van der Waals surface area contributed by atoms with Gasteiger partial charge in [0.25, 0.3) is 0 Å². The number of carbonyl (C=O) groups is 9. The quantitative estimate of drug-likeness (QED) is 0.0291. The minimum Gasteiger partial charge on any atom is -0.467 e. The van der Waals surface area contributed by atoms with Gasteiger partial charge in [0, 0.05) is 48.6 Å². The fourth-order valence-electron chi connectivity index (χ4n) is 11.0. The van der Waals surface area contributed by atoms with Crippen LogP contribution in [0.2, 0.25) is 0 Å². The third-order valence-corrected chi connectivity index (χ3v) is 15.8. The van der Waals surface area contributed by atoms with E-state index in [2.05, 4.69) is 22.5 Å². The van der Waals surface area contributed by atoms with Crippen LogP contribution in [0.15, 0.2) is 61.2 Å². The number of nitrogens with one attached hydrogen (secondary N) is 3. The second-order valence-electron chi connectivity index (χ2n) is 23.1. The number of nitrogens with zero attached hydrogens (tertiary/aromatic N) is 2. The highest BCUT2D eigenvalue weighted by Gasteiger charge is 2.56. The molecule has 0 spiro atoms. The number of likely N-dealkylation sites (N-methyl/N-ethyl adjacent to an activating group) is 1. The van der Waals surface area contributed by atoms with Gasteiger partial charge in [0.15, 0.2) is 24.6 Å². The van der Waals surface area contributed by atoms with Crippen molar-refractivity contribution in [1.29, 1.82) is 0 Å². The Morgan fingerprint density at radius 3 is 1.98 bits per heavy atom. The molecule has 89 heavy (non-hydrogen) atoms. The maximum absolute atomic E-state index is 14.5. The largest absolute Gasteiger partial charge is 0.467 e. The molecule has 16 atom stereocenters. The highest BCUT2D eigenvalue weighted by Crippen LogP contribution is 2.36. The summed E-state index contributed by atoms with van der Waals surface area (Å²) in [6, 6.07) is 9.01. The lowest BCUT2D eigenvalue weighted by molar-refractivity contribution is -0.282. The van der Waals surface area contributed by atoms with Crippen molar-refractivity contribution in [3.05, 3.63) is 77.9 Å². The molecule has 26 nitrogen and oxygen atoms in total. The summed E-state index contributed by atoms with van der Waals surface area (Å²) in [4.78, 5) is 124. The van der Waals surface area contributed by atoms with Gasteiger partial charge in [-0.1, -0.05) is 97.4 Å². The average molecular weight is 1260 g/mol. The highest BCUT2D eigenvalue weighted by molar-refractivity contribution is 5.92. The van der Waals surface area contributed by atoms with Crippen molar-refractivity contribution >= 4 is 53.6 Å².